The number of ketones is 1. The zero-order valence-electron chi connectivity index (χ0n) is 13.3. The summed E-state index contributed by atoms with van der Waals surface area (Å²) in [4.78, 5) is 12.7. The van der Waals surface area contributed by atoms with Crippen LogP contribution in [0.2, 0.25) is 0 Å². The van der Waals surface area contributed by atoms with Crippen LogP contribution in [-0.2, 0) is 0 Å². The van der Waals surface area contributed by atoms with Crippen LogP contribution in [0.25, 0.3) is 11.1 Å². The molecular weight excluding hydrogens is 300 g/mol. The largest absolute Gasteiger partial charge is 0.485 e. The SMILES string of the molecule is N#Cc1cccc(-c2ccc3c(c2)C(=O)CC2(CCCNC2)O3)c1. The fraction of sp³-hybridized carbons (Fsp3) is 0.300. The smallest absolute Gasteiger partial charge is 0.170 e. The molecule has 2 aliphatic heterocycles. The number of benzene rings is 2. The summed E-state index contributed by atoms with van der Waals surface area (Å²) in [5.41, 5.74) is 2.74. The predicted octanol–water partition coefficient (Wildman–Crippen LogP) is 3.31. The lowest BCUT2D eigenvalue weighted by Crippen LogP contribution is -2.53. The summed E-state index contributed by atoms with van der Waals surface area (Å²) in [6, 6.07) is 15.3. The molecule has 1 spiro atoms. The number of rotatable bonds is 1. The number of carbonyl (C=O) groups excluding carboxylic acids is 1. The maximum absolute atomic E-state index is 12.7. The van der Waals surface area contributed by atoms with Gasteiger partial charge in [-0.1, -0.05) is 18.2 Å². The quantitative estimate of drug-likeness (QED) is 0.876. The average molecular weight is 318 g/mol. The van der Waals surface area contributed by atoms with Crippen LogP contribution in [0, 0.1) is 11.3 Å². The van der Waals surface area contributed by atoms with Gasteiger partial charge in [0, 0.05) is 6.54 Å². The molecule has 1 fully saturated rings. The molecule has 0 bridgehead atoms. The van der Waals surface area contributed by atoms with E-state index in [2.05, 4.69) is 11.4 Å². The number of hydrogen-bond donors (Lipinski definition) is 1. The minimum atomic E-state index is -0.384. The molecule has 1 unspecified atom stereocenters. The number of carbonyl (C=O) groups is 1. The van der Waals surface area contributed by atoms with Gasteiger partial charge in [0.25, 0.3) is 0 Å². The summed E-state index contributed by atoms with van der Waals surface area (Å²) < 4.78 is 6.23. The third-order valence-electron chi connectivity index (χ3n) is 4.85. The first-order valence-electron chi connectivity index (χ1n) is 8.27. The second-order valence-corrected chi connectivity index (χ2v) is 6.57. The highest BCUT2D eigenvalue weighted by molar-refractivity contribution is 6.01. The molecule has 0 saturated carbocycles. The summed E-state index contributed by atoms with van der Waals surface area (Å²) in [6.45, 7) is 1.71. The fourth-order valence-corrected chi connectivity index (χ4v) is 3.62. The molecule has 1 N–H and O–H groups in total. The first-order valence-corrected chi connectivity index (χ1v) is 8.27. The van der Waals surface area contributed by atoms with Crippen molar-refractivity contribution in [2.75, 3.05) is 13.1 Å². The molecule has 4 rings (SSSR count). The van der Waals surface area contributed by atoms with Gasteiger partial charge in [0.05, 0.1) is 23.6 Å². The predicted molar refractivity (Wildman–Crippen MR) is 91.0 cm³/mol. The van der Waals surface area contributed by atoms with Crippen LogP contribution in [0.3, 0.4) is 0 Å². The molecule has 120 valence electrons. The molecule has 24 heavy (non-hydrogen) atoms. The Kier molecular flexibility index (Phi) is 3.59. The van der Waals surface area contributed by atoms with Gasteiger partial charge in [0.2, 0.25) is 0 Å². The minimum Gasteiger partial charge on any atom is -0.485 e. The summed E-state index contributed by atoms with van der Waals surface area (Å²) in [5, 5.41) is 12.4. The van der Waals surface area contributed by atoms with Gasteiger partial charge in [-0.15, -0.1) is 0 Å². The number of nitrogens with zero attached hydrogens (tertiary/aromatic N) is 1. The normalized spacial score (nSPS) is 22.5. The Hall–Kier alpha value is -2.64. The minimum absolute atomic E-state index is 0.137. The maximum atomic E-state index is 12.7. The van der Waals surface area contributed by atoms with Crippen molar-refractivity contribution in [1.29, 1.82) is 5.26 Å². The zero-order valence-corrected chi connectivity index (χ0v) is 13.3. The van der Waals surface area contributed by atoms with Crippen molar-refractivity contribution in [2.45, 2.75) is 24.9 Å². The summed E-state index contributed by atoms with van der Waals surface area (Å²) in [7, 11) is 0. The van der Waals surface area contributed by atoms with Gasteiger partial charge in [-0.3, -0.25) is 4.79 Å². The zero-order chi connectivity index (χ0) is 16.6. The van der Waals surface area contributed by atoms with Crippen LogP contribution < -0.4 is 10.1 Å². The van der Waals surface area contributed by atoms with E-state index in [-0.39, 0.29) is 11.4 Å². The number of nitrogens with one attached hydrogen (secondary N) is 1. The molecule has 2 aromatic rings. The number of hydrogen-bond acceptors (Lipinski definition) is 4. The molecule has 0 amide bonds. The van der Waals surface area contributed by atoms with Crippen molar-refractivity contribution in [3.05, 3.63) is 53.6 Å². The van der Waals surface area contributed by atoms with Crippen molar-refractivity contribution in [3.8, 4) is 22.9 Å². The molecule has 4 heteroatoms. The number of ether oxygens (including phenoxy) is 1. The molecule has 2 aromatic carbocycles. The van der Waals surface area contributed by atoms with E-state index < -0.39 is 0 Å². The highest BCUT2D eigenvalue weighted by atomic mass is 16.5. The van der Waals surface area contributed by atoms with Crippen LogP contribution in [0.5, 0.6) is 5.75 Å². The first kappa shape index (κ1) is 14.9. The van der Waals surface area contributed by atoms with E-state index in [4.69, 9.17) is 10.00 Å². The van der Waals surface area contributed by atoms with Gasteiger partial charge in [0.1, 0.15) is 11.4 Å². The van der Waals surface area contributed by atoms with Crippen LogP contribution in [0.15, 0.2) is 42.5 Å². The van der Waals surface area contributed by atoms with Gasteiger partial charge in [-0.05, 0) is 54.8 Å². The van der Waals surface area contributed by atoms with Crippen molar-refractivity contribution in [2.24, 2.45) is 0 Å². The van der Waals surface area contributed by atoms with E-state index >= 15 is 0 Å². The lowest BCUT2D eigenvalue weighted by molar-refractivity contribution is 0.0234. The van der Waals surface area contributed by atoms with E-state index in [0.29, 0.717) is 23.3 Å². The molecule has 1 atom stereocenters. The summed E-state index contributed by atoms with van der Waals surface area (Å²) in [6.07, 6.45) is 2.37. The Balaban J connectivity index is 1.70. The van der Waals surface area contributed by atoms with Gasteiger partial charge in [-0.25, -0.2) is 0 Å². The maximum Gasteiger partial charge on any atom is 0.170 e. The Labute approximate surface area is 141 Å². The van der Waals surface area contributed by atoms with Crippen molar-refractivity contribution in [1.82, 2.24) is 5.32 Å². The molecule has 0 radical (unpaired) electrons. The molecular formula is C20H18N2O2. The lowest BCUT2D eigenvalue weighted by atomic mass is 9.84. The Morgan fingerprint density at radius 3 is 2.83 bits per heavy atom. The van der Waals surface area contributed by atoms with Crippen LogP contribution >= 0.6 is 0 Å². The highest BCUT2D eigenvalue weighted by Crippen LogP contribution is 2.38. The third kappa shape index (κ3) is 2.57. The van der Waals surface area contributed by atoms with E-state index in [9.17, 15) is 4.79 Å². The van der Waals surface area contributed by atoms with Crippen molar-refractivity contribution >= 4 is 5.78 Å². The van der Waals surface area contributed by atoms with Gasteiger partial charge in [0.15, 0.2) is 5.78 Å². The Bertz CT molecular complexity index is 845. The Morgan fingerprint density at radius 2 is 2.04 bits per heavy atom. The van der Waals surface area contributed by atoms with Crippen LogP contribution in [-0.4, -0.2) is 24.5 Å². The van der Waals surface area contributed by atoms with Gasteiger partial charge < -0.3 is 10.1 Å². The first-order chi connectivity index (χ1) is 11.7. The number of fused-ring (bicyclic) bond motifs is 1. The van der Waals surface area contributed by atoms with Crippen molar-refractivity contribution < 1.29 is 9.53 Å². The molecule has 2 aliphatic rings. The molecule has 0 aliphatic carbocycles. The summed E-state index contributed by atoms with van der Waals surface area (Å²) in [5.74, 6) is 0.813. The van der Waals surface area contributed by atoms with E-state index in [1.807, 2.05) is 36.4 Å². The van der Waals surface area contributed by atoms with Gasteiger partial charge >= 0.3 is 0 Å². The Morgan fingerprint density at radius 1 is 1.17 bits per heavy atom. The van der Waals surface area contributed by atoms with E-state index in [0.717, 1.165) is 37.1 Å². The molecule has 0 aromatic heterocycles. The van der Waals surface area contributed by atoms with Crippen LogP contribution in [0.4, 0.5) is 0 Å². The fourth-order valence-electron chi connectivity index (χ4n) is 3.62. The monoisotopic (exact) mass is 318 g/mol. The average Bonchev–Trinajstić information content (AvgIpc) is 2.62. The molecule has 1 saturated heterocycles. The topological polar surface area (TPSA) is 62.1 Å². The number of piperidine rings is 1. The lowest BCUT2D eigenvalue weighted by Gasteiger charge is -2.41. The van der Waals surface area contributed by atoms with Gasteiger partial charge in [-0.2, -0.15) is 5.26 Å². The highest BCUT2D eigenvalue weighted by Gasteiger charge is 2.41. The van der Waals surface area contributed by atoms with E-state index in [1.165, 1.54) is 0 Å². The standard InChI is InChI=1S/C20H18N2O2/c21-12-14-3-1-4-15(9-14)16-5-6-19-17(10-16)18(23)11-20(24-19)7-2-8-22-13-20/h1,3-6,9-10,22H,2,7-8,11,13H2. The second kappa shape index (κ2) is 5.77. The van der Waals surface area contributed by atoms with Crippen LogP contribution in [0.1, 0.15) is 35.2 Å². The molecule has 4 nitrogen and oxygen atoms in total. The number of Topliss-reactive ketones (excluding diaryl/α,β-unsaturated/α-hetero) is 1. The second-order valence-electron chi connectivity index (χ2n) is 6.57. The summed E-state index contributed by atoms with van der Waals surface area (Å²) >= 11 is 0. The number of nitriles is 1. The van der Waals surface area contributed by atoms with Crippen molar-refractivity contribution in [3.63, 3.8) is 0 Å². The third-order valence-corrected chi connectivity index (χ3v) is 4.85. The van der Waals surface area contributed by atoms with E-state index in [1.54, 1.807) is 6.07 Å². The molecule has 2 heterocycles.